The van der Waals surface area contributed by atoms with Gasteiger partial charge in [-0.3, -0.25) is 0 Å². The van der Waals surface area contributed by atoms with Crippen molar-refractivity contribution in [3.8, 4) is 0 Å². The third kappa shape index (κ3) is 3.42. The van der Waals surface area contributed by atoms with E-state index < -0.39 is 0 Å². The molecule has 0 aliphatic rings. The number of hydrogen-bond donors (Lipinski definition) is 1. The van der Waals surface area contributed by atoms with Gasteiger partial charge in [0.15, 0.2) is 0 Å². The van der Waals surface area contributed by atoms with Gasteiger partial charge in [0.2, 0.25) is 0 Å². The van der Waals surface area contributed by atoms with E-state index in [4.69, 9.17) is 10.5 Å². The van der Waals surface area contributed by atoms with Crippen LogP contribution in [0, 0.1) is 6.92 Å². The Labute approximate surface area is 88.8 Å². The maximum absolute atomic E-state index is 11.0. The zero-order valence-electron chi connectivity index (χ0n) is 8.86. The minimum Gasteiger partial charge on any atom is -0.463 e. The number of nitrogens with two attached hydrogens (primary N) is 1. The Morgan fingerprint density at radius 1 is 1.67 bits per heavy atom. The van der Waals surface area contributed by atoms with Crippen molar-refractivity contribution >= 4 is 17.9 Å². The Bertz CT molecular complexity index is 386. The monoisotopic (exact) mass is 206 g/mol. The molecule has 1 aromatic heterocycles. The highest BCUT2D eigenvalue weighted by Crippen LogP contribution is 2.10. The molecule has 0 aliphatic heterocycles. The van der Waals surface area contributed by atoms with Crippen LogP contribution in [0.15, 0.2) is 18.3 Å². The molecule has 80 valence electrons. The van der Waals surface area contributed by atoms with E-state index in [1.54, 1.807) is 25.3 Å². The number of carbonyl (C=O) groups excluding carboxylic acids is 1. The molecule has 0 aromatic carbocycles. The summed E-state index contributed by atoms with van der Waals surface area (Å²) in [6.07, 6.45) is 4.67. The molecule has 4 heteroatoms. The van der Waals surface area contributed by atoms with E-state index in [1.807, 2.05) is 6.92 Å². The summed E-state index contributed by atoms with van der Waals surface area (Å²) in [5, 5.41) is 0. The number of aromatic nitrogens is 1. The second-order valence-electron chi connectivity index (χ2n) is 3.05. The summed E-state index contributed by atoms with van der Waals surface area (Å²) in [5.41, 5.74) is 7.34. The van der Waals surface area contributed by atoms with E-state index in [9.17, 15) is 4.79 Å². The van der Waals surface area contributed by atoms with Gasteiger partial charge in [0.1, 0.15) is 5.82 Å². The molecule has 0 saturated heterocycles. The van der Waals surface area contributed by atoms with Crippen molar-refractivity contribution in [2.24, 2.45) is 0 Å². The summed E-state index contributed by atoms with van der Waals surface area (Å²) >= 11 is 0. The average molecular weight is 206 g/mol. The number of pyridine rings is 1. The predicted molar refractivity (Wildman–Crippen MR) is 59.1 cm³/mol. The van der Waals surface area contributed by atoms with Gasteiger partial charge in [-0.2, -0.15) is 0 Å². The zero-order valence-corrected chi connectivity index (χ0v) is 8.86. The molecule has 15 heavy (non-hydrogen) atoms. The Morgan fingerprint density at radius 2 is 2.40 bits per heavy atom. The van der Waals surface area contributed by atoms with Crippen LogP contribution in [0.5, 0.6) is 0 Å². The maximum Gasteiger partial charge on any atom is 0.330 e. The SMILES string of the molecule is CCOC(=O)C=Cc1cnc(N)cc1C. The highest BCUT2D eigenvalue weighted by molar-refractivity contribution is 5.87. The lowest BCUT2D eigenvalue weighted by Gasteiger charge is -2.00. The normalized spacial score (nSPS) is 10.5. The summed E-state index contributed by atoms with van der Waals surface area (Å²) in [7, 11) is 0. The molecule has 0 bridgehead atoms. The van der Waals surface area contributed by atoms with E-state index in [2.05, 4.69) is 4.98 Å². The minimum atomic E-state index is -0.353. The molecule has 1 aromatic rings. The molecule has 0 spiro atoms. The summed E-state index contributed by atoms with van der Waals surface area (Å²) in [4.78, 5) is 15.0. The first-order valence-corrected chi connectivity index (χ1v) is 4.70. The fourth-order valence-electron chi connectivity index (χ4n) is 1.11. The summed E-state index contributed by atoms with van der Waals surface area (Å²) in [5.74, 6) is 0.120. The molecule has 1 heterocycles. The fraction of sp³-hybridized carbons (Fsp3) is 0.273. The van der Waals surface area contributed by atoms with E-state index in [0.717, 1.165) is 11.1 Å². The Kier molecular flexibility index (Phi) is 3.85. The van der Waals surface area contributed by atoms with Gasteiger partial charge in [-0.1, -0.05) is 0 Å². The first kappa shape index (κ1) is 11.2. The lowest BCUT2D eigenvalue weighted by Crippen LogP contribution is -1.99. The molecule has 0 saturated carbocycles. The maximum atomic E-state index is 11.0. The van der Waals surface area contributed by atoms with E-state index in [0.29, 0.717) is 12.4 Å². The molecule has 0 atom stereocenters. The Morgan fingerprint density at radius 3 is 3.00 bits per heavy atom. The highest BCUT2D eigenvalue weighted by atomic mass is 16.5. The van der Waals surface area contributed by atoms with Crippen molar-refractivity contribution in [3.63, 3.8) is 0 Å². The van der Waals surface area contributed by atoms with Crippen molar-refractivity contribution in [1.82, 2.24) is 4.98 Å². The summed E-state index contributed by atoms with van der Waals surface area (Å²) in [6, 6.07) is 1.75. The number of nitrogens with zero attached hydrogens (tertiary/aromatic N) is 1. The first-order chi connectivity index (χ1) is 7.13. The first-order valence-electron chi connectivity index (χ1n) is 4.70. The van der Waals surface area contributed by atoms with E-state index in [-0.39, 0.29) is 5.97 Å². The third-order valence-electron chi connectivity index (χ3n) is 1.86. The molecule has 0 unspecified atom stereocenters. The van der Waals surface area contributed by atoms with Gasteiger partial charge >= 0.3 is 5.97 Å². The molecule has 0 fully saturated rings. The van der Waals surface area contributed by atoms with Crippen LogP contribution in [0.2, 0.25) is 0 Å². The van der Waals surface area contributed by atoms with Crippen LogP contribution in [-0.4, -0.2) is 17.6 Å². The van der Waals surface area contributed by atoms with Gasteiger partial charge in [-0.15, -0.1) is 0 Å². The smallest absolute Gasteiger partial charge is 0.330 e. The Balaban J connectivity index is 2.76. The number of esters is 1. The van der Waals surface area contributed by atoms with Crippen molar-refractivity contribution in [1.29, 1.82) is 0 Å². The summed E-state index contributed by atoms with van der Waals surface area (Å²) in [6.45, 7) is 4.05. The molecule has 0 amide bonds. The molecule has 0 radical (unpaired) electrons. The van der Waals surface area contributed by atoms with Crippen LogP contribution in [0.1, 0.15) is 18.1 Å². The molecule has 1 rings (SSSR count). The lowest BCUT2D eigenvalue weighted by atomic mass is 10.1. The number of anilines is 1. The number of nitrogen functional groups attached to an aromatic ring is 1. The highest BCUT2D eigenvalue weighted by Gasteiger charge is 1.98. The minimum absolute atomic E-state index is 0.353. The van der Waals surface area contributed by atoms with Gasteiger partial charge in [-0.05, 0) is 37.1 Å². The molecule has 0 aliphatic carbocycles. The van der Waals surface area contributed by atoms with Crippen molar-refractivity contribution in [3.05, 3.63) is 29.5 Å². The quantitative estimate of drug-likeness (QED) is 0.602. The van der Waals surface area contributed by atoms with Gasteiger partial charge < -0.3 is 10.5 Å². The van der Waals surface area contributed by atoms with Crippen molar-refractivity contribution < 1.29 is 9.53 Å². The number of carbonyl (C=O) groups is 1. The molecular formula is C11H14N2O2. The van der Waals surface area contributed by atoms with Crippen LogP contribution in [-0.2, 0) is 9.53 Å². The zero-order chi connectivity index (χ0) is 11.3. The fourth-order valence-corrected chi connectivity index (χ4v) is 1.11. The summed E-state index contributed by atoms with van der Waals surface area (Å²) < 4.78 is 4.76. The lowest BCUT2D eigenvalue weighted by molar-refractivity contribution is -0.137. The molecule has 4 nitrogen and oxygen atoms in total. The largest absolute Gasteiger partial charge is 0.463 e. The van der Waals surface area contributed by atoms with E-state index in [1.165, 1.54) is 6.08 Å². The third-order valence-corrected chi connectivity index (χ3v) is 1.86. The van der Waals surface area contributed by atoms with Crippen LogP contribution in [0.3, 0.4) is 0 Å². The average Bonchev–Trinajstić information content (AvgIpc) is 2.17. The number of ether oxygens (including phenoxy) is 1. The predicted octanol–water partition coefficient (Wildman–Crippen LogP) is 1.55. The topological polar surface area (TPSA) is 65.2 Å². The van der Waals surface area contributed by atoms with Crippen LogP contribution in [0.25, 0.3) is 6.08 Å². The second kappa shape index (κ2) is 5.14. The van der Waals surface area contributed by atoms with Crippen LogP contribution >= 0.6 is 0 Å². The van der Waals surface area contributed by atoms with Gasteiger partial charge in [0.05, 0.1) is 6.61 Å². The van der Waals surface area contributed by atoms with E-state index >= 15 is 0 Å². The second-order valence-corrected chi connectivity index (χ2v) is 3.05. The number of aryl methyl sites for hydroxylation is 1. The van der Waals surface area contributed by atoms with Gasteiger partial charge in [0.25, 0.3) is 0 Å². The molecule has 2 N–H and O–H groups in total. The van der Waals surface area contributed by atoms with Crippen molar-refractivity contribution in [2.45, 2.75) is 13.8 Å². The van der Waals surface area contributed by atoms with Gasteiger partial charge in [0, 0.05) is 12.3 Å². The van der Waals surface area contributed by atoms with Crippen molar-refractivity contribution in [2.75, 3.05) is 12.3 Å². The van der Waals surface area contributed by atoms with Gasteiger partial charge in [-0.25, -0.2) is 9.78 Å². The molecular weight excluding hydrogens is 192 g/mol. The van der Waals surface area contributed by atoms with Crippen LogP contribution in [0.4, 0.5) is 5.82 Å². The Hall–Kier alpha value is -1.84. The van der Waals surface area contributed by atoms with Crippen LogP contribution < -0.4 is 5.73 Å². The number of rotatable bonds is 3. The standard InChI is InChI=1S/C11H14N2O2/c1-3-15-11(14)5-4-9-7-13-10(12)6-8(9)2/h4-7H,3H2,1-2H3,(H2,12,13). The number of hydrogen-bond acceptors (Lipinski definition) is 4.